The molecule has 1 atom stereocenters. The molecule has 1 amide bonds. The summed E-state index contributed by atoms with van der Waals surface area (Å²) in [6.07, 6.45) is 13.4. The largest absolute Gasteiger partial charge is 0.370 e. The fourth-order valence-corrected chi connectivity index (χ4v) is 7.61. The molecule has 1 N–H and O–H groups in total. The van der Waals surface area contributed by atoms with Gasteiger partial charge in [-0.3, -0.25) is 9.69 Å². The number of pyridine rings is 1. The van der Waals surface area contributed by atoms with Crippen molar-refractivity contribution in [3.05, 3.63) is 36.3 Å². The van der Waals surface area contributed by atoms with Crippen LogP contribution < -0.4 is 10.2 Å². The highest BCUT2D eigenvalue weighted by atomic mass is 16.2. The molecule has 206 valence electrons. The average Bonchev–Trinajstić information content (AvgIpc) is 3.57. The van der Waals surface area contributed by atoms with E-state index in [1.165, 1.54) is 57.3 Å². The molecule has 1 saturated carbocycles. The summed E-state index contributed by atoms with van der Waals surface area (Å²) in [7, 11) is 1.92. The predicted octanol–water partition coefficient (Wildman–Crippen LogP) is 4.63. The molecule has 2 saturated heterocycles. The number of piperidine rings is 1. The van der Waals surface area contributed by atoms with Gasteiger partial charge in [-0.1, -0.05) is 26.2 Å². The Labute approximate surface area is 230 Å². The Balaban J connectivity index is 1.08. The van der Waals surface area contributed by atoms with Crippen molar-refractivity contribution < 1.29 is 4.79 Å². The van der Waals surface area contributed by atoms with Gasteiger partial charge >= 0.3 is 0 Å². The average molecular weight is 529 g/mol. The van der Waals surface area contributed by atoms with Crippen LogP contribution in [0.4, 0.5) is 17.5 Å². The maximum absolute atomic E-state index is 13.1. The number of rotatable bonds is 4. The van der Waals surface area contributed by atoms with Crippen LogP contribution in [0, 0.1) is 5.92 Å². The fourth-order valence-electron chi connectivity index (χ4n) is 7.61. The van der Waals surface area contributed by atoms with Crippen molar-refractivity contribution in [2.24, 2.45) is 5.92 Å². The third-order valence-corrected chi connectivity index (χ3v) is 9.69. The number of likely N-dealkylation sites (tertiary alicyclic amines) is 1. The first-order valence-electron chi connectivity index (χ1n) is 14.9. The lowest BCUT2D eigenvalue weighted by Crippen LogP contribution is -2.53. The van der Waals surface area contributed by atoms with Gasteiger partial charge in [0.15, 0.2) is 0 Å². The minimum Gasteiger partial charge on any atom is -0.370 e. The maximum atomic E-state index is 13.1. The first-order valence-corrected chi connectivity index (χ1v) is 14.9. The SMILES string of the molecule is CC1CCN(C2CCN(c3ccc(Nc4ncc5cc6n(c5n4)C4(CCCCC4)CN(C)C6=O)nc3)CC2)C1. The number of amides is 1. The first kappa shape index (κ1) is 24.8. The summed E-state index contributed by atoms with van der Waals surface area (Å²) >= 11 is 0. The van der Waals surface area contributed by atoms with Crippen molar-refractivity contribution in [1.29, 1.82) is 0 Å². The number of aromatic nitrogens is 4. The van der Waals surface area contributed by atoms with Crippen molar-refractivity contribution in [3.8, 4) is 0 Å². The molecule has 39 heavy (non-hydrogen) atoms. The Hall–Kier alpha value is -3.20. The van der Waals surface area contributed by atoms with Crippen LogP contribution in [-0.4, -0.2) is 81.0 Å². The Kier molecular flexibility index (Phi) is 6.21. The molecule has 1 spiro atoms. The summed E-state index contributed by atoms with van der Waals surface area (Å²) in [6, 6.07) is 6.87. The van der Waals surface area contributed by atoms with E-state index in [0.717, 1.165) is 67.0 Å². The van der Waals surface area contributed by atoms with Crippen LogP contribution in [0.25, 0.3) is 11.0 Å². The molecule has 0 radical (unpaired) electrons. The number of carbonyl (C=O) groups excluding carboxylic acids is 1. The third kappa shape index (κ3) is 4.44. The molecule has 7 rings (SSSR count). The van der Waals surface area contributed by atoms with Crippen molar-refractivity contribution in [2.75, 3.05) is 50.0 Å². The number of nitrogens with one attached hydrogen (secondary N) is 1. The summed E-state index contributed by atoms with van der Waals surface area (Å²) in [4.78, 5) is 34.3. The van der Waals surface area contributed by atoms with E-state index in [4.69, 9.17) is 9.97 Å². The molecule has 9 nitrogen and oxygen atoms in total. The second-order valence-corrected chi connectivity index (χ2v) is 12.4. The van der Waals surface area contributed by atoms with Gasteiger partial charge in [0.05, 0.1) is 17.4 Å². The van der Waals surface area contributed by atoms with Crippen LogP contribution in [0.3, 0.4) is 0 Å². The topological polar surface area (TPSA) is 82.4 Å². The third-order valence-electron chi connectivity index (χ3n) is 9.69. The van der Waals surface area contributed by atoms with Gasteiger partial charge in [-0.2, -0.15) is 4.98 Å². The molecule has 3 aromatic rings. The van der Waals surface area contributed by atoms with E-state index < -0.39 is 0 Å². The zero-order valence-corrected chi connectivity index (χ0v) is 23.3. The van der Waals surface area contributed by atoms with E-state index in [-0.39, 0.29) is 11.4 Å². The minimum atomic E-state index is -0.0794. The molecule has 6 heterocycles. The first-order chi connectivity index (χ1) is 19.0. The van der Waals surface area contributed by atoms with Gasteiger partial charge in [0.25, 0.3) is 5.91 Å². The predicted molar refractivity (Wildman–Crippen MR) is 154 cm³/mol. The van der Waals surface area contributed by atoms with E-state index in [1.54, 1.807) is 0 Å². The van der Waals surface area contributed by atoms with Crippen LogP contribution in [0.2, 0.25) is 0 Å². The molecule has 0 aromatic carbocycles. The summed E-state index contributed by atoms with van der Waals surface area (Å²) in [5.41, 5.74) is 2.67. The fraction of sp³-hybridized carbons (Fsp3) is 0.600. The maximum Gasteiger partial charge on any atom is 0.270 e. The van der Waals surface area contributed by atoms with E-state index in [1.807, 2.05) is 36.5 Å². The lowest BCUT2D eigenvalue weighted by atomic mass is 9.79. The molecule has 3 aromatic heterocycles. The Morgan fingerprint density at radius 1 is 1.00 bits per heavy atom. The summed E-state index contributed by atoms with van der Waals surface area (Å²) in [5, 5.41) is 4.23. The van der Waals surface area contributed by atoms with Gasteiger partial charge in [0.2, 0.25) is 5.95 Å². The van der Waals surface area contributed by atoms with Crippen LogP contribution in [0.15, 0.2) is 30.6 Å². The van der Waals surface area contributed by atoms with Crippen molar-refractivity contribution >= 4 is 34.4 Å². The van der Waals surface area contributed by atoms with Gasteiger partial charge in [0.1, 0.15) is 17.2 Å². The van der Waals surface area contributed by atoms with Crippen molar-refractivity contribution in [1.82, 2.24) is 29.3 Å². The Bertz CT molecular complexity index is 1350. The van der Waals surface area contributed by atoms with Gasteiger partial charge in [0, 0.05) is 50.9 Å². The van der Waals surface area contributed by atoms with Crippen LogP contribution >= 0.6 is 0 Å². The normalized spacial score (nSPS) is 24.1. The molecule has 3 aliphatic heterocycles. The minimum absolute atomic E-state index is 0.0648. The quantitative estimate of drug-likeness (QED) is 0.529. The summed E-state index contributed by atoms with van der Waals surface area (Å²) in [5.74, 6) is 2.15. The molecular formula is C30H40N8O. The Morgan fingerprint density at radius 3 is 2.54 bits per heavy atom. The van der Waals surface area contributed by atoms with Crippen molar-refractivity contribution in [2.45, 2.75) is 69.9 Å². The standard InChI is InChI=1S/C30H40N8O/c1-21-8-13-37(19-21)23-9-14-36(15-10-23)24-6-7-26(31-18-24)33-29-32-17-22-16-25-28(39)35(2)20-30(11-4-3-5-12-30)38(25)27(22)34-29/h6-7,16-18,21,23H,3-5,8-15,19-20H2,1-2H3,(H,31,32,33,34). The molecule has 1 aliphatic carbocycles. The Morgan fingerprint density at radius 2 is 1.82 bits per heavy atom. The number of fused-ring (bicyclic) bond motifs is 4. The number of likely N-dealkylation sites (N-methyl/N-ethyl adjacent to an activating group) is 1. The number of anilines is 3. The smallest absolute Gasteiger partial charge is 0.270 e. The second-order valence-electron chi connectivity index (χ2n) is 12.4. The highest BCUT2D eigenvalue weighted by Gasteiger charge is 2.43. The van der Waals surface area contributed by atoms with Crippen molar-refractivity contribution in [3.63, 3.8) is 0 Å². The lowest BCUT2D eigenvalue weighted by Gasteiger charge is -2.45. The van der Waals surface area contributed by atoms with Crippen LogP contribution in [0.1, 0.15) is 68.8 Å². The zero-order valence-electron chi connectivity index (χ0n) is 23.3. The monoisotopic (exact) mass is 528 g/mol. The van der Waals surface area contributed by atoms with E-state index in [2.05, 4.69) is 37.7 Å². The number of hydrogen-bond donors (Lipinski definition) is 1. The molecule has 1 unspecified atom stereocenters. The molecule has 4 aliphatic rings. The molecular weight excluding hydrogens is 488 g/mol. The van der Waals surface area contributed by atoms with E-state index >= 15 is 0 Å². The van der Waals surface area contributed by atoms with Gasteiger partial charge < -0.3 is 19.7 Å². The highest BCUT2D eigenvalue weighted by Crippen LogP contribution is 2.42. The molecule has 3 fully saturated rings. The van der Waals surface area contributed by atoms with Gasteiger partial charge in [-0.15, -0.1) is 0 Å². The molecule has 9 heteroatoms. The molecule has 0 bridgehead atoms. The summed E-state index contributed by atoms with van der Waals surface area (Å²) in [6.45, 7) is 7.81. The van der Waals surface area contributed by atoms with E-state index in [0.29, 0.717) is 5.95 Å². The van der Waals surface area contributed by atoms with E-state index in [9.17, 15) is 4.79 Å². The summed E-state index contributed by atoms with van der Waals surface area (Å²) < 4.78 is 2.24. The number of carbonyl (C=O) groups is 1. The van der Waals surface area contributed by atoms with Crippen LogP contribution in [-0.2, 0) is 5.54 Å². The van der Waals surface area contributed by atoms with Gasteiger partial charge in [-0.25, -0.2) is 9.97 Å². The number of hydrogen-bond acceptors (Lipinski definition) is 7. The van der Waals surface area contributed by atoms with Gasteiger partial charge in [-0.05, 0) is 62.8 Å². The zero-order chi connectivity index (χ0) is 26.6. The highest BCUT2D eigenvalue weighted by molar-refractivity contribution is 5.99. The second kappa shape index (κ2) is 9.77. The number of nitrogens with zero attached hydrogens (tertiary/aromatic N) is 7. The lowest BCUT2D eigenvalue weighted by molar-refractivity contribution is 0.0543. The van der Waals surface area contributed by atoms with Crippen LogP contribution in [0.5, 0.6) is 0 Å².